The summed E-state index contributed by atoms with van der Waals surface area (Å²) in [6.07, 6.45) is 8.35. The van der Waals surface area contributed by atoms with Crippen molar-refractivity contribution >= 4 is 5.71 Å². The molecule has 3 rings (SSSR count). The lowest BCUT2D eigenvalue weighted by Crippen LogP contribution is -2.44. The van der Waals surface area contributed by atoms with Crippen LogP contribution in [-0.2, 0) is 0 Å². The lowest BCUT2D eigenvalue weighted by Gasteiger charge is -2.35. The molecule has 0 unspecified atom stereocenters. The minimum absolute atomic E-state index is 0.927. The lowest BCUT2D eigenvalue weighted by molar-refractivity contribution is 0.339. The van der Waals surface area contributed by atoms with Crippen LogP contribution in [0.15, 0.2) is 40.7 Å². The largest absolute Gasteiger partial charge is 0.382 e. The number of rotatable bonds is 0. The first kappa shape index (κ1) is 7.85. The van der Waals surface area contributed by atoms with Gasteiger partial charge < -0.3 is 10.2 Å². The Morgan fingerprint density at radius 3 is 3.14 bits per heavy atom. The van der Waals surface area contributed by atoms with Gasteiger partial charge in [0.05, 0.1) is 23.7 Å². The highest BCUT2D eigenvalue weighted by Crippen LogP contribution is 2.21. The summed E-state index contributed by atoms with van der Waals surface area (Å²) in [5.41, 5.74) is 3.63. The molecule has 3 nitrogen and oxygen atoms in total. The number of nitrogens with zero attached hydrogens (tertiary/aromatic N) is 2. The van der Waals surface area contributed by atoms with Crippen molar-refractivity contribution in [1.82, 2.24) is 10.2 Å². The fourth-order valence-electron chi connectivity index (χ4n) is 2.15. The van der Waals surface area contributed by atoms with Crippen LogP contribution in [0.25, 0.3) is 0 Å². The fraction of sp³-hybridized carbons (Fsp3) is 0.364. The summed E-state index contributed by atoms with van der Waals surface area (Å²) in [5, 5.41) is 3.42. The molecule has 0 aromatic heterocycles. The average Bonchev–Trinajstić information content (AvgIpc) is 2.44. The smallest absolute Gasteiger partial charge is 0.0859 e. The van der Waals surface area contributed by atoms with Crippen LogP contribution in [0.1, 0.15) is 0 Å². The van der Waals surface area contributed by atoms with E-state index in [1.807, 2.05) is 0 Å². The Balaban J connectivity index is 2.16. The van der Waals surface area contributed by atoms with Crippen LogP contribution in [0, 0.1) is 0 Å². The number of nitrogens with one attached hydrogen (secondary N) is 1. The van der Waals surface area contributed by atoms with Crippen LogP contribution < -0.4 is 5.32 Å². The molecule has 3 aliphatic rings. The van der Waals surface area contributed by atoms with Gasteiger partial charge >= 0.3 is 0 Å². The van der Waals surface area contributed by atoms with E-state index in [1.54, 1.807) is 0 Å². The van der Waals surface area contributed by atoms with Crippen LogP contribution in [0.2, 0.25) is 0 Å². The minimum Gasteiger partial charge on any atom is -0.382 e. The van der Waals surface area contributed by atoms with E-state index < -0.39 is 0 Å². The zero-order valence-corrected chi connectivity index (χ0v) is 8.03. The molecule has 2 aliphatic heterocycles. The second-order valence-electron chi connectivity index (χ2n) is 3.66. The first-order valence-electron chi connectivity index (χ1n) is 5.08. The SMILES string of the molecule is C1=CC2=NCCN3CCNC(=C23)C=C1. The summed E-state index contributed by atoms with van der Waals surface area (Å²) in [7, 11) is 0. The Hall–Kier alpha value is -1.51. The van der Waals surface area contributed by atoms with Gasteiger partial charge in [-0.05, 0) is 12.2 Å². The van der Waals surface area contributed by atoms with E-state index in [2.05, 4.69) is 39.5 Å². The number of hydrogen-bond acceptors (Lipinski definition) is 3. The van der Waals surface area contributed by atoms with Crippen molar-refractivity contribution in [3.63, 3.8) is 0 Å². The Morgan fingerprint density at radius 1 is 1.21 bits per heavy atom. The molecule has 2 heterocycles. The Bertz CT molecular complexity index is 374. The maximum Gasteiger partial charge on any atom is 0.0859 e. The molecule has 0 saturated carbocycles. The van der Waals surface area contributed by atoms with E-state index in [1.165, 1.54) is 11.4 Å². The van der Waals surface area contributed by atoms with Crippen molar-refractivity contribution in [2.75, 3.05) is 26.2 Å². The molecule has 0 radical (unpaired) electrons. The van der Waals surface area contributed by atoms with Gasteiger partial charge in [0.25, 0.3) is 0 Å². The molecule has 0 atom stereocenters. The standard InChI is InChI=1S/C11H13N3/c1-2-4-10-11-9(3-1)12-5-7-14(11)8-6-13-10/h1-4,12H,5-8H2. The molecule has 14 heavy (non-hydrogen) atoms. The van der Waals surface area contributed by atoms with Gasteiger partial charge in [0.1, 0.15) is 0 Å². The van der Waals surface area contributed by atoms with Crippen molar-refractivity contribution < 1.29 is 0 Å². The molecule has 3 heteroatoms. The van der Waals surface area contributed by atoms with Gasteiger partial charge in [-0.1, -0.05) is 12.2 Å². The van der Waals surface area contributed by atoms with Crippen molar-refractivity contribution in [3.8, 4) is 0 Å². The second kappa shape index (κ2) is 3.01. The molecule has 0 bridgehead atoms. The summed E-state index contributed by atoms with van der Waals surface area (Å²) >= 11 is 0. The molecule has 0 fully saturated rings. The molecule has 0 aromatic rings. The summed E-state index contributed by atoms with van der Waals surface area (Å²) in [6.45, 7) is 4.12. The Kier molecular flexibility index (Phi) is 1.69. The predicted octanol–water partition coefficient (Wildman–Crippen LogP) is 0.684. The van der Waals surface area contributed by atoms with Crippen LogP contribution >= 0.6 is 0 Å². The fourth-order valence-corrected chi connectivity index (χ4v) is 2.15. The zero-order valence-electron chi connectivity index (χ0n) is 8.03. The van der Waals surface area contributed by atoms with Crippen molar-refractivity contribution in [1.29, 1.82) is 0 Å². The maximum atomic E-state index is 4.54. The summed E-state index contributed by atoms with van der Waals surface area (Å²) < 4.78 is 0. The molecule has 0 aromatic carbocycles. The molecule has 1 N–H and O–H groups in total. The van der Waals surface area contributed by atoms with Crippen molar-refractivity contribution in [3.05, 3.63) is 35.7 Å². The summed E-state index contributed by atoms with van der Waals surface area (Å²) in [6, 6.07) is 0. The highest BCUT2D eigenvalue weighted by Gasteiger charge is 2.24. The van der Waals surface area contributed by atoms with Gasteiger partial charge in [-0.3, -0.25) is 4.99 Å². The third-order valence-corrected chi connectivity index (χ3v) is 2.79. The molecule has 0 spiro atoms. The van der Waals surface area contributed by atoms with Crippen molar-refractivity contribution in [2.24, 2.45) is 4.99 Å². The molecule has 1 aliphatic carbocycles. The lowest BCUT2D eigenvalue weighted by atomic mass is 10.1. The van der Waals surface area contributed by atoms with Gasteiger partial charge in [-0.2, -0.15) is 0 Å². The third kappa shape index (κ3) is 1.09. The van der Waals surface area contributed by atoms with Gasteiger partial charge in [0.2, 0.25) is 0 Å². The van der Waals surface area contributed by atoms with E-state index in [9.17, 15) is 0 Å². The van der Waals surface area contributed by atoms with Gasteiger partial charge in [0, 0.05) is 19.6 Å². The normalized spacial score (nSPS) is 24.0. The van der Waals surface area contributed by atoms with Gasteiger partial charge in [-0.25, -0.2) is 0 Å². The van der Waals surface area contributed by atoms with E-state index in [0.29, 0.717) is 0 Å². The van der Waals surface area contributed by atoms with E-state index >= 15 is 0 Å². The monoisotopic (exact) mass is 187 g/mol. The Morgan fingerprint density at radius 2 is 2.14 bits per heavy atom. The average molecular weight is 187 g/mol. The Labute approximate surface area is 83.5 Å². The molecule has 72 valence electrons. The van der Waals surface area contributed by atoms with Crippen LogP contribution in [0.4, 0.5) is 0 Å². The number of allylic oxidation sites excluding steroid dienone is 4. The topological polar surface area (TPSA) is 27.6 Å². The summed E-state index contributed by atoms with van der Waals surface area (Å²) in [5.74, 6) is 0. The van der Waals surface area contributed by atoms with E-state index in [4.69, 9.17) is 0 Å². The predicted molar refractivity (Wildman–Crippen MR) is 57.2 cm³/mol. The second-order valence-corrected chi connectivity index (χ2v) is 3.66. The maximum absolute atomic E-state index is 4.54. The van der Waals surface area contributed by atoms with Gasteiger partial charge in [-0.15, -0.1) is 0 Å². The quantitative estimate of drug-likeness (QED) is 0.604. The summed E-state index contributed by atoms with van der Waals surface area (Å²) in [4.78, 5) is 6.97. The molecule has 0 saturated heterocycles. The minimum atomic E-state index is 0.927. The molecule has 0 amide bonds. The number of hydrogen-bond donors (Lipinski definition) is 1. The highest BCUT2D eigenvalue weighted by molar-refractivity contribution is 6.09. The van der Waals surface area contributed by atoms with Crippen LogP contribution in [-0.4, -0.2) is 36.8 Å². The number of aliphatic imine (C=N–C) groups is 1. The van der Waals surface area contributed by atoms with E-state index in [0.717, 1.165) is 31.9 Å². The highest BCUT2D eigenvalue weighted by atomic mass is 15.2. The zero-order chi connectivity index (χ0) is 9.38. The first-order chi connectivity index (χ1) is 6.95. The van der Waals surface area contributed by atoms with Crippen LogP contribution in [0.5, 0.6) is 0 Å². The first-order valence-corrected chi connectivity index (χ1v) is 5.08. The van der Waals surface area contributed by atoms with E-state index in [-0.39, 0.29) is 0 Å². The third-order valence-electron chi connectivity index (χ3n) is 2.79. The van der Waals surface area contributed by atoms with Gasteiger partial charge in [0.15, 0.2) is 0 Å². The molecular weight excluding hydrogens is 174 g/mol. The van der Waals surface area contributed by atoms with Crippen LogP contribution in [0.3, 0.4) is 0 Å². The van der Waals surface area contributed by atoms with Crippen molar-refractivity contribution in [2.45, 2.75) is 0 Å². The molecular formula is C11H13N3.